The second-order valence-corrected chi connectivity index (χ2v) is 9.82. The molecule has 24 heavy (non-hydrogen) atoms. The first-order valence-electron chi connectivity index (χ1n) is 7.78. The van der Waals surface area contributed by atoms with Gasteiger partial charge in [0, 0.05) is 10.9 Å². The van der Waals surface area contributed by atoms with Crippen LogP contribution in [0.4, 0.5) is 0 Å². The number of carbonyl (C=O) groups excluding carboxylic acids is 1. The second kappa shape index (κ2) is 6.29. The summed E-state index contributed by atoms with van der Waals surface area (Å²) in [5.74, 6) is 0.0196. The maximum atomic E-state index is 12.2. The Labute approximate surface area is 146 Å². The minimum atomic E-state index is -3.03. The molecule has 0 radical (unpaired) electrons. The van der Waals surface area contributed by atoms with Crippen molar-refractivity contribution >= 4 is 27.1 Å². The van der Waals surface area contributed by atoms with Crippen LogP contribution in [0.1, 0.15) is 23.9 Å². The van der Waals surface area contributed by atoms with Crippen molar-refractivity contribution in [3.05, 3.63) is 40.2 Å². The van der Waals surface area contributed by atoms with Crippen molar-refractivity contribution in [2.24, 2.45) is 0 Å². The highest BCUT2D eigenvalue weighted by Gasteiger charge is 2.39. The highest BCUT2D eigenvalue weighted by molar-refractivity contribution is 7.91. The van der Waals surface area contributed by atoms with E-state index in [2.05, 4.69) is 10.3 Å². The van der Waals surface area contributed by atoms with Crippen LogP contribution in [0.2, 0.25) is 0 Å². The Morgan fingerprint density at radius 1 is 1.33 bits per heavy atom. The van der Waals surface area contributed by atoms with Crippen molar-refractivity contribution in [1.29, 1.82) is 0 Å². The standard InChI is InChI=1S/C17H20N2O3S2/c1-12-18-15(10-23-12)14-5-3-13(4-6-14)9-16(20)19-17(2)7-8-24(21,22)11-17/h3-6,10H,7-9,11H2,1-2H3,(H,19,20)/t17-/m1/s1. The lowest BCUT2D eigenvalue weighted by atomic mass is 10.0. The van der Waals surface area contributed by atoms with E-state index in [0.717, 1.165) is 21.8 Å². The third-order valence-corrected chi connectivity index (χ3v) is 6.85. The maximum Gasteiger partial charge on any atom is 0.224 e. The number of thiazole rings is 1. The Morgan fingerprint density at radius 3 is 2.58 bits per heavy atom. The monoisotopic (exact) mass is 364 g/mol. The first-order chi connectivity index (χ1) is 11.2. The zero-order valence-corrected chi connectivity index (χ0v) is 15.3. The smallest absolute Gasteiger partial charge is 0.224 e. The molecule has 1 atom stereocenters. The highest BCUT2D eigenvalue weighted by atomic mass is 32.2. The lowest BCUT2D eigenvalue weighted by Gasteiger charge is -2.23. The molecule has 2 heterocycles. The Bertz CT molecular complexity index is 856. The van der Waals surface area contributed by atoms with Crippen molar-refractivity contribution in [2.75, 3.05) is 11.5 Å². The summed E-state index contributed by atoms with van der Waals surface area (Å²) in [5, 5.41) is 5.91. The predicted molar refractivity (Wildman–Crippen MR) is 95.8 cm³/mol. The van der Waals surface area contributed by atoms with Gasteiger partial charge in [-0.2, -0.15) is 0 Å². The van der Waals surface area contributed by atoms with E-state index in [0.29, 0.717) is 6.42 Å². The van der Waals surface area contributed by atoms with Crippen LogP contribution in [0.5, 0.6) is 0 Å². The molecule has 1 N–H and O–H groups in total. The summed E-state index contributed by atoms with van der Waals surface area (Å²) in [6, 6.07) is 7.74. The number of rotatable bonds is 4. The summed E-state index contributed by atoms with van der Waals surface area (Å²) >= 11 is 1.61. The van der Waals surface area contributed by atoms with Gasteiger partial charge in [-0.25, -0.2) is 13.4 Å². The fourth-order valence-corrected chi connectivity index (χ4v) is 5.68. The van der Waals surface area contributed by atoms with Crippen LogP contribution in [0.3, 0.4) is 0 Å². The average molecular weight is 364 g/mol. The molecule has 1 aliphatic heterocycles. The molecule has 0 aliphatic carbocycles. The van der Waals surface area contributed by atoms with Gasteiger partial charge < -0.3 is 5.32 Å². The predicted octanol–water partition coefficient (Wildman–Crippen LogP) is 2.35. The van der Waals surface area contributed by atoms with Gasteiger partial charge in [0.05, 0.1) is 34.2 Å². The van der Waals surface area contributed by atoms with Crippen LogP contribution in [0, 0.1) is 6.92 Å². The van der Waals surface area contributed by atoms with Crippen LogP contribution in [-0.4, -0.2) is 36.4 Å². The Hall–Kier alpha value is -1.73. The van der Waals surface area contributed by atoms with Crippen LogP contribution >= 0.6 is 11.3 Å². The summed E-state index contributed by atoms with van der Waals surface area (Å²) < 4.78 is 23.2. The molecule has 0 saturated carbocycles. The molecule has 3 rings (SSSR count). The van der Waals surface area contributed by atoms with E-state index in [4.69, 9.17) is 0 Å². The van der Waals surface area contributed by atoms with Gasteiger partial charge in [-0.05, 0) is 25.8 Å². The second-order valence-electron chi connectivity index (χ2n) is 6.58. The number of aryl methyl sites for hydroxylation is 1. The molecule has 0 unspecified atom stereocenters. The summed E-state index contributed by atoms with van der Waals surface area (Å²) in [6.45, 7) is 3.76. The van der Waals surface area contributed by atoms with Crippen molar-refractivity contribution in [3.8, 4) is 11.3 Å². The lowest BCUT2D eigenvalue weighted by Crippen LogP contribution is -2.47. The van der Waals surface area contributed by atoms with Gasteiger partial charge in [0.25, 0.3) is 0 Å². The lowest BCUT2D eigenvalue weighted by molar-refractivity contribution is -0.121. The van der Waals surface area contributed by atoms with Gasteiger partial charge >= 0.3 is 0 Å². The third-order valence-electron chi connectivity index (χ3n) is 4.18. The Morgan fingerprint density at radius 2 is 2.04 bits per heavy atom. The average Bonchev–Trinajstić information content (AvgIpc) is 3.03. The first kappa shape index (κ1) is 17.1. The minimum Gasteiger partial charge on any atom is -0.350 e. The van der Waals surface area contributed by atoms with E-state index in [-0.39, 0.29) is 23.8 Å². The number of sulfone groups is 1. The molecular weight excluding hydrogens is 344 g/mol. The largest absolute Gasteiger partial charge is 0.350 e. The van der Waals surface area contributed by atoms with E-state index >= 15 is 0 Å². The number of amides is 1. The van der Waals surface area contributed by atoms with Gasteiger partial charge in [0.15, 0.2) is 9.84 Å². The highest BCUT2D eigenvalue weighted by Crippen LogP contribution is 2.24. The Kier molecular flexibility index (Phi) is 4.48. The zero-order valence-electron chi connectivity index (χ0n) is 13.7. The molecule has 1 fully saturated rings. The van der Waals surface area contributed by atoms with E-state index in [9.17, 15) is 13.2 Å². The number of nitrogens with one attached hydrogen (secondary N) is 1. The number of hydrogen-bond donors (Lipinski definition) is 1. The molecule has 1 aliphatic rings. The number of aromatic nitrogens is 1. The van der Waals surface area contributed by atoms with Gasteiger partial charge in [0.2, 0.25) is 5.91 Å². The number of carbonyl (C=O) groups is 1. The van der Waals surface area contributed by atoms with Gasteiger partial charge in [-0.3, -0.25) is 4.79 Å². The van der Waals surface area contributed by atoms with Crippen molar-refractivity contribution in [1.82, 2.24) is 10.3 Å². The molecule has 0 bridgehead atoms. The quantitative estimate of drug-likeness (QED) is 0.903. The fraction of sp³-hybridized carbons (Fsp3) is 0.412. The van der Waals surface area contributed by atoms with Crippen LogP contribution in [0.15, 0.2) is 29.6 Å². The molecule has 7 heteroatoms. The minimum absolute atomic E-state index is 0.0217. The van der Waals surface area contributed by atoms with E-state index in [1.807, 2.05) is 36.6 Å². The summed E-state index contributed by atoms with van der Waals surface area (Å²) in [7, 11) is -3.03. The summed E-state index contributed by atoms with van der Waals surface area (Å²) in [6.07, 6.45) is 0.717. The van der Waals surface area contributed by atoms with Gasteiger partial charge in [-0.1, -0.05) is 24.3 Å². The van der Waals surface area contributed by atoms with E-state index < -0.39 is 15.4 Å². The normalized spacial score (nSPS) is 22.4. The van der Waals surface area contributed by atoms with Crippen molar-refractivity contribution in [3.63, 3.8) is 0 Å². The zero-order chi connectivity index (χ0) is 17.4. The molecule has 1 amide bonds. The number of hydrogen-bond acceptors (Lipinski definition) is 5. The molecule has 1 aromatic carbocycles. The van der Waals surface area contributed by atoms with Crippen LogP contribution < -0.4 is 5.32 Å². The number of benzene rings is 1. The Balaban J connectivity index is 1.63. The summed E-state index contributed by atoms with van der Waals surface area (Å²) in [4.78, 5) is 16.7. The molecule has 5 nitrogen and oxygen atoms in total. The van der Waals surface area contributed by atoms with Crippen molar-refractivity contribution < 1.29 is 13.2 Å². The number of nitrogens with zero attached hydrogens (tertiary/aromatic N) is 1. The molecule has 1 aromatic heterocycles. The maximum absolute atomic E-state index is 12.2. The molecular formula is C17H20N2O3S2. The fourth-order valence-electron chi connectivity index (χ4n) is 2.96. The molecule has 0 spiro atoms. The third kappa shape index (κ3) is 4.02. The molecule has 1 saturated heterocycles. The molecule has 128 valence electrons. The van der Waals surface area contributed by atoms with Gasteiger partial charge in [-0.15, -0.1) is 11.3 Å². The summed E-state index contributed by atoms with van der Waals surface area (Å²) in [5.41, 5.74) is 2.22. The van der Waals surface area contributed by atoms with E-state index in [1.54, 1.807) is 18.3 Å². The first-order valence-corrected chi connectivity index (χ1v) is 10.5. The van der Waals surface area contributed by atoms with Crippen LogP contribution in [-0.2, 0) is 21.1 Å². The van der Waals surface area contributed by atoms with Gasteiger partial charge in [0.1, 0.15) is 0 Å². The molecule has 2 aromatic rings. The van der Waals surface area contributed by atoms with E-state index in [1.165, 1.54) is 0 Å². The van der Waals surface area contributed by atoms with Crippen molar-refractivity contribution in [2.45, 2.75) is 32.2 Å². The SMILES string of the molecule is Cc1nc(-c2ccc(CC(=O)N[C@]3(C)CCS(=O)(=O)C3)cc2)cs1. The van der Waals surface area contributed by atoms with Crippen LogP contribution in [0.25, 0.3) is 11.3 Å². The topological polar surface area (TPSA) is 76.1 Å².